The summed E-state index contributed by atoms with van der Waals surface area (Å²) < 4.78 is 13.9. The molecule has 1 amide bonds. The highest BCUT2D eigenvalue weighted by Crippen LogP contribution is 2.25. The van der Waals surface area contributed by atoms with Gasteiger partial charge in [-0.15, -0.1) is 11.3 Å². The van der Waals surface area contributed by atoms with Crippen molar-refractivity contribution in [3.8, 4) is 11.5 Å². The van der Waals surface area contributed by atoms with Gasteiger partial charge >= 0.3 is 0 Å². The van der Waals surface area contributed by atoms with Crippen molar-refractivity contribution >= 4 is 34.0 Å². The lowest BCUT2D eigenvalue weighted by Gasteiger charge is -2.13. The molecule has 0 saturated carbocycles. The van der Waals surface area contributed by atoms with Crippen LogP contribution in [0, 0.1) is 5.82 Å². The average Bonchev–Trinajstić information content (AvgIpc) is 3.31. The first kappa shape index (κ1) is 17.4. The molecule has 0 bridgehead atoms. The van der Waals surface area contributed by atoms with Crippen LogP contribution in [0.1, 0.15) is 24.8 Å². The molecule has 5 nitrogen and oxygen atoms in total. The highest BCUT2D eigenvalue weighted by atomic mass is 32.1. The summed E-state index contributed by atoms with van der Waals surface area (Å²) in [5.41, 5.74) is 5.37. The molecule has 0 radical (unpaired) electrons. The predicted octanol–water partition coefficient (Wildman–Crippen LogP) is 4.96. The standard InChI is InChI=1S/C20H17FN4OS/c1-12(14-4-2-3-5-15(14)21)8-19(26)23-13-6-7-16-17(9-13)25-20(24-16)18-10-27-11-22-18/h2-7,9-12H,8H2,1H3,(H,23,26)(H,24,25). The molecule has 0 aliphatic carbocycles. The van der Waals surface area contributed by atoms with Crippen molar-refractivity contribution in [2.45, 2.75) is 19.3 Å². The quantitative estimate of drug-likeness (QED) is 0.514. The Bertz CT molecular complexity index is 1090. The third kappa shape index (κ3) is 3.73. The molecule has 0 aliphatic heterocycles. The van der Waals surface area contributed by atoms with E-state index in [1.54, 1.807) is 23.7 Å². The molecule has 7 heteroatoms. The fraction of sp³-hybridized carbons (Fsp3) is 0.150. The number of halogens is 1. The lowest BCUT2D eigenvalue weighted by molar-refractivity contribution is -0.116. The number of nitrogens with one attached hydrogen (secondary N) is 2. The Hall–Kier alpha value is -3.06. The number of aromatic nitrogens is 3. The van der Waals surface area contributed by atoms with Gasteiger partial charge in [-0.05, 0) is 35.7 Å². The maximum absolute atomic E-state index is 13.9. The van der Waals surface area contributed by atoms with Crippen LogP contribution in [0.4, 0.5) is 10.1 Å². The molecule has 0 spiro atoms. The second kappa shape index (κ2) is 7.28. The second-order valence-corrected chi connectivity index (χ2v) is 7.08. The zero-order valence-corrected chi connectivity index (χ0v) is 15.4. The number of benzene rings is 2. The Labute approximate surface area is 159 Å². The molecular weight excluding hydrogens is 363 g/mol. The average molecular weight is 380 g/mol. The van der Waals surface area contributed by atoms with E-state index in [0.717, 1.165) is 16.7 Å². The van der Waals surface area contributed by atoms with Gasteiger partial charge in [0.1, 0.15) is 11.5 Å². The van der Waals surface area contributed by atoms with Crippen LogP contribution in [0.15, 0.2) is 53.4 Å². The van der Waals surface area contributed by atoms with Crippen LogP contribution in [0.2, 0.25) is 0 Å². The van der Waals surface area contributed by atoms with Crippen LogP contribution in [-0.2, 0) is 4.79 Å². The van der Waals surface area contributed by atoms with Gasteiger partial charge in [-0.1, -0.05) is 25.1 Å². The van der Waals surface area contributed by atoms with E-state index in [-0.39, 0.29) is 24.1 Å². The molecule has 136 valence electrons. The molecule has 27 heavy (non-hydrogen) atoms. The van der Waals surface area contributed by atoms with Crippen LogP contribution in [0.5, 0.6) is 0 Å². The summed E-state index contributed by atoms with van der Waals surface area (Å²) >= 11 is 1.51. The topological polar surface area (TPSA) is 70.7 Å². The van der Waals surface area contributed by atoms with Crippen molar-refractivity contribution in [2.24, 2.45) is 0 Å². The van der Waals surface area contributed by atoms with E-state index in [9.17, 15) is 9.18 Å². The van der Waals surface area contributed by atoms with E-state index in [2.05, 4.69) is 20.3 Å². The van der Waals surface area contributed by atoms with Gasteiger partial charge in [-0.3, -0.25) is 4.79 Å². The normalized spacial score (nSPS) is 12.2. The molecular formula is C20H17FN4OS. The van der Waals surface area contributed by atoms with E-state index in [1.807, 2.05) is 30.5 Å². The number of rotatable bonds is 5. The molecule has 1 unspecified atom stereocenters. The van der Waals surface area contributed by atoms with Gasteiger partial charge in [0.25, 0.3) is 0 Å². The first-order valence-electron chi connectivity index (χ1n) is 8.53. The number of nitrogens with zero attached hydrogens (tertiary/aromatic N) is 2. The maximum atomic E-state index is 13.9. The van der Waals surface area contributed by atoms with Crippen LogP contribution in [0.3, 0.4) is 0 Å². The molecule has 2 aromatic carbocycles. The van der Waals surface area contributed by atoms with Gasteiger partial charge in [0.2, 0.25) is 5.91 Å². The van der Waals surface area contributed by atoms with E-state index in [0.29, 0.717) is 17.1 Å². The number of aromatic amines is 1. The van der Waals surface area contributed by atoms with E-state index in [4.69, 9.17) is 0 Å². The van der Waals surface area contributed by atoms with Gasteiger partial charge in [0.15, 0.2) is 5.82 Å². The van der Waals surface area contributed by atoms with E-state index >= 15 is 0 Å². The SMILES string of the molecule is CC(CC(=O)Nc1ccc2[nH]c(-c3cscn3)nc2c1)c1ccccc1F. The number of carbonyl (C=O) groups is 1. The van der Waals surface area contributed by atoms with Crippen molar-refractivity contribution in [1.82, 2.24) is 15.0 Å². The molecule has 0 fully saturated rings. The molecule has 4 aromatic rings. The van der Waals surface area contributed by atoms with Crippen LogP contribution in [-0.4, -0.2) is 20.9 Å². The minimum Gasteiger partial charge on any atom is -0.337 e. The number of imidazole rings is 1. The van der Waals surface area contributed by atoms with Gasteiger partial charge < -0.3 is 10.3 Å². The number of amides is 1. The summed E-state index contributed by atoms with van der Waals surface area (Å²) in [6.07, 6.45) is 0.198. The molecule has 1 atom stereocenters. The Morgan fingerprint density at radius 3 is 2.93 bits per heavy atom. The number of carbonyl (C=O) groups excluding carboxylic acids is 1. The van der Waals surface area contributed by atoms with Crippen LogP contribution < -0.4 is 5.32 Å². The van der Waals surface area contributed by atoms with Crippen molar-refractivity contribution in [3.63, 3.8) is 0 Å². The van der Waals surface area contributed by atoms with Crippen LogP contribution >= 0.6 is 11.3 Å². The van der Waals surface area contributed by atoms with Crippen LogP contribution in [0.25, 0.3) is 22.6 Å². The van der Waals surface area contributed by atoms with Crippen molar-refractivity contribution in [3.05, 3.63) is 64.7 Å². The summed E-state index contributed by atoms with van der Waals surface area (Å²) in [4.78, 5) is 24.4. The number of fused-ring (bicyclic) bond motifs is 1. The maximum Gasteiger partial charge on any atom is 0.224 e. The number of H-pyrrole nitrogens is 1. The fourth-order valence-electron chi connectivity index (χ4n) is 3.01. The zero-order chi connectivity index (χ0) is 18.8. The molecule has 0 saturated heterocycles. The lowest BCUT2D eigenvalue weighted by Crippen LogP contribution is -2.15. The summed E-state index contributed by atoms with van der Waals surface area (Å²) in [5.74, 6) is 0.0326. The van der Waals surface area contributed by atoms with Gasteiger partial charge in [-0.25, -0.2) is 14.4 Å². The van der Waals surface area contributed by atoms with Gasteiger partial charge in [0, 0.05) is 17.5 Å². The molecule has 2 aromatic heterocycles. The van der Waals surface area contributed by atoms with Crippen molar-refractivity contribution in [2.75, 3.05) is 5.32 Å². The van der Waals surface area contributed by atoms with E-state index < -0.39 is 0 Å². The van der Waals surface area contributed by atoms with E-state index in [1.165, 1.54) is 17.4 Å². The summed E-state index contributed by atoms with van der Waals surface area (Å²) in [6, 6.07) is 12.0. The zero-order valence-electron chi connectivity index (χ0n) is 14.6. The van der Waals surface area contributed by atoms with Crippen molar-refractivity contribution in [1.29, 1.82) is 0 Å². The highest BCUT2D eigenvalue weighted by molar-refractivity contribution is 7.07. The minimum absolute atomic E-state index is 0.166. The Morgan fingerprint density at radius 2 is 2.15 bits per heavy atom. The smallest absolute Gasteiger partial charge is 0.224 e. The Kier molecular flexibility index (Phi) is 4.68. The molecule has 4 rings (SSSR count). The molecule has 0 aliphatic rings. The summed E-state index contributed by atoms with van der Waals surface area (Å²) in [7, 11) is 0. The van der Waals surface area contributed by atoms with Gasteiger partial charge in [0.05, 0.1) is 16.5 Å². The third-order valence-electron chi connectivity index (χ3n) is 4.37. The summed E-state index contributed by atoms with van der Waals surface area (Å²) in [5, 5.41) is 4.79. The fourth-order valence-corrected chi connectivity index (χ4v) is 3.55. The second-order valence-electron chi connectivity index (χ2n) is 6.37. The highest BCUT2D eigenvalue weighted by Gasteiger charge is 2.15. The first-order valence-corrected chi connectivity index (χ1v) is 9.47. The Morgan fingerprint density at radius 1 is 1.30 bits per heavy atom. The molecule has 2 heterocycles. The lowest BCUT2D eigenvalue weighted by atomic mass is 9.97. The van der Waals surface area contributed by atoms with Gasteiger partial charge in [-0.2, -0.15) is 0 Å². The summed E-state index contributed by atoms with van der Waals surface area (Å²) in [6.45, 7) is 1.84. The monoisotopic (exact) mass is 380 g/mol. The molecule has 2 N–H and O–H groups in total. The number of anilines is 1. The minimum atomic E-state index is -0.287. The number of thiazole rings is 1. The van der Waals surface area contributed by atoms with Crippen molar-refractivity contribution < 1.29 is 9.18 Å². The first-order chi connectivity index (χ1) is 13.1. The largest absolute Gasteiger partial charge is 0.337 e. The number of hydrogen-bond donors (Lipinski definition) is 2. The predicted molar refractivity (Wildman–Crippen MR) is 105 cm³/mol. The number of hydrogen-bond acceptors (Lipinski definition) is 4. The Balaban J connectivity index is 1.48. The third-order valence-corrected chi connectivity index (χ3v) is 4.96.